The Labute approximate surface area is 81.0 Å². The second-order valence-electron chi connectivity index (χ2n) is 3.47. The standard InChI is InChI=1S/C9H12N2OS/c1-9(4-2-6-13-9)8-10-5-3-7(12)11-8/h3,5H,2,4,6H2,1H3,(H,10,11,12). The number of hydrogen-bond donors (Lipinski definition) is 1. The zero-order valence-corrected chi connectivity index (χ0v) is 8.36. The van der Waals surface area contributed by atoms with E-state index in [1.165, 1.54) is 12.5 Å². The van der Waals surface area contributed by atoms with Crippen molar-refractivity contribution in [2.75, 3.05) is 5.75 Å². The fourth-order valence-electron chi connectivity index (χ4n) is 1.60. The Morgan fingerprint density at radius 3 is 3.15 bits per heavy atom. The van der Waals surface area contributed by atoms with Crippen molar-refractivity contribution in [3.63, 3.8) is 0 Å². The highest BCUT2D eigenvalue weighted by Gasteiger charge is 2.33. The SMILES string of the molecule is CC1(c2nccc(=O)[nH]2)CCCS1. The van der Waals surface area contributed by atoms with Crippen LogP contribution in [0, 0.1) is 0 Å². The Morgan fingerprint density at radius 2 is 2.54 bits per heavy atom. The molecule has 4 heteroatoms. The van der Waals surface area contributed by atoms with E-state index in [0.29, 0.717) is 0 Å². The first-order valence-electron chi connectivity index (χ1n) is 4.40. The Kier molecular flexibility index (Phi) is 2.15. The van der Waals surface area contributed by atoms with Gasteiger partial charge in [0.25, 0.3) is 5.56 Å². The van der Waals surface area contributed by atoms with Crippen LogP contribution in [0.4, 0.5) is 0 Å². The summed E-state index contributed by atoms with van der Waals surface area (Å²) < 4.78 is 0.0282. The Morgan fingerprint density at radius 1 is 1.69 bits per heavy atom. The van der Waals surface area contributed by atoms with E-state index in [1.54, 1.807) is 6.20 Å². The monoisotopic (exact) mass is 196 g/mol. The van der Waals surface area contributed by atoms with E-state index < -0.39 is 0 Å². The highest BCUT2D eigenvalue weighted by molar-refractivity contribution is 8.00. The van der Waals surface area contributed by atoms with Crippen LogP contribution in [0.15, 0.2) is 17.1 Å². The van der Waals surface area contributed by atoms with Crippen LogP contribution in [0.3, 0.4) is 0 Å². The summed E-state index contributed by atoms with van der Waals surface area (Å²) in [5, 5.41) is 0. The number of nitrogens with one attached hydrogen (secondary N) is 1. The molecule has 70 valence electrons. The molecule has 1 fully saturated rings. The fourth-order valence-corrected chi connectivity index (χ4v) is 2.87. The van der Waals surface area contributed by atoms with Crippen LogP contribution < -0.4 is 5.56 Å². The molecule has 1 aromatic heterocycles. The van der Waals surface area contributed by atoms with E-state index in [9.17, 15) is 4.79 Å². The van der Waals surface area contributed by atoms with Gasteiger partial charge in [-0.2, -0.15) is 0 Å². The summed E-state index contributed by atoms with van der Waals surface area (Å²) in [5.74, 6) is 1.98. The van der Waals surface area contributed by atoms with Crippen molar-refractivity contribution in [2.45, 2.75) is 24.5 Å². The van der Waals surface area contributed by atoms with Crippen LogP contribution in [0.25, 0.3) is 0 Å². The molecule has 0 bridgehead atoms. The second kappa shape index (κ2) is 3.18. The second-order valence-corrected chi connectivity index (χ2v) is 5.06. The van der Waals surface area contributed by atoms with Crippen molar-refractivity contribution in [1.29, 1.82) is 0 Å². The lowest BCUT2D eigenvalue weighted by atomic mass is 10.1. The van der Waals surface area contributed by atoms with Crippen LogP contribution in [0.1, 0.15) is 25.6 Å². The van der Waals surface area contributed by atoms with Crippen molar-refractivity contribution in [3.8, 4) is 0 Å². The van der Waals surface area contributed by atoms with Crippen LogP contribution >= 0.6 is 11.8 Å². The number of nitrogens with zero attached hydrogens (tertiary/aromatic N) is 1. The molecule has 1 aliphatic heterocycles. The lowest BCUT2D eigenvalue weighted by Gasteiger charge is -2.20. The molecule has 3 nitrogen and oxygen atoms in total. The average molecular weight is 196 g/mol. The topological polar surface area (TPSA) is 45.8 Å². The summed E-state index contributed by atoms with van der Waals surface area (Å²) in [7, 11) is 0. The van der Waals surface area contributed by atoms with Gasteiger partial charge in [0.1, 0.15) is 5.82 Å². The number of hydrogen-bond acceptors (Lipinski definition) is 3. The number of aromatic amines is 1. The third kappa shape index (κ3) is 1.63. The molecule has 0 radical (unpaired) electrons. The minimum absolute atomic E-state index is 0.0282. The molecule has 0 spiro atoms. The molecule has 1 unspecified atom stereocenters. The first-order valence-corrected chi connectivity index (χ1v) is 5.39. The van der Waals surface area contributed by atoms with Gasteiger partial charge in [0.05, 0.1) is 4.75 Å². The number of rotatable bonds is 1. The smallest absolute Gasteiger partial charge is 0.250 e. The molecule has 1 atom stereocenters. The maximum Gasteiger partial charge on any atom is 0.250 e. The summed E-state index contributed by atoms with van der Waals surface area (Å²) in [5.41, 5.74) is -0.0567. The predicted octanol–water partition coefficient (Wildman–Crippen LogP) is 1.51. The molecule has 0 aliphatic carbocycles. The average Bonchev–Trinajstić information content (AvgIpc) is 2.54. The highest BCUT2D eigenvalue weighted by atomic mass is 32.2. The van der Waals surface area contributed by atoms with Gasteiger partial charge < -0.3 is 4.98 Å². The van der Waals surface area contributed by atoms with Gasteiger partial charge in [0.15, 0.2) is 0 Å². The lowest BCUT2D eigenvalue weighted by molar-refractivity contribution is 0.601. The minimum atomic E-state index is -0.0567. The Balaban J connectivity index is 2.39. The molecule has 1 N–H and O–H groups in total. The molecular formula is C9H12N2OS. The molecule has 2 rings (SSSR count). The Hall–Kier alpha value is -0.770. The van der Waals surface area contributed by atoms with E-state index in [1.807, 2.05) is 11.8 Å². The van der Waals surface area contributed by atoms with Crippen LogP contribution in [0.5, 0.6) is 0 Å². The predicted molar refractivity (Wildman–Crippen MR) is 53.9 cm³/mol. The van der Waals surface area contributed by atoms with Gasteiger partial charge in [-0.1, -0.05) is 0 Å². The third-order valence-corrected chi connectivity index (χ3v) is 3.92. The van der Waals surface area contributed by atoms with Gasteiger partial charge in [0.2, 0.25) is 0 Å². The first kappa shape index (κ1) is 8.81. The van der Waals surface area contributed by atoms with Gasteiger partial charge in [-0.15, -0.1) is 11.8 Å². The van der Waals surface area contributed by atoms with Crippen molar-refractivity contribution < 1.29 is 0 Å². The normalized spacial score (nSPS) is 27.8. The lowest BCUT2D eigenvalue weighted by Crippen LogP contribution is -2.21. The van der Waals surface area contributed by atoms with Gasteiger partial charge in [0, 0.05) is 12.3 Å². The molecule has 1 aliphatic rings. The van der Waals surface area contributed by atoms with Gasteiger partial charge in [-0.25, -0.2) is 4.98 Å². The molecule has 0 saturated carbocycles. The fraction of sp³-hybridized carbons (Fsp3) is 0.556. The maximum absolute atomic E-state index is 11.1. The van der Waals surface area contributed by atoms with Crippen molar-refractivity contribution >= 4 is 11.8 Å². The summed E-state index contributed by atoms with van der Waals surface area (Å²) in [4.78, 5) is 18.1. The van der Waals surface area contributed by atoms with Crippen molar-refractivity contribution in [2.24, 2.45) is 0 Å². The molecule has 0 aromatic carbocycles. The van der Waals surface area contributed by atoms with E-state index in [2.05, 4.69) is 16.9 Å². The maximum atomic E-state index is 11.1. The highest BCUT2D eigenvalue weighted by Crippen LogP contribution is 2.44. The number of thioether (sulfide) groups is 1. The van der Waals surface area contributed by atoms with Crippen LogP contribution in [0.2, 0.25) is 0 Å². The van der Waals surface area contributed by atoms with Crippen molar-refractivity contribution in [1.82, 2.24) is 9.97 Å². The van der Waals surface area contributed by atoms with Gasteiger partial charge in [-0.05, 0) is 25.5 Å². The molecule has 1 aromatic rings. The summed E-state index contributed by atoms with van der Waals surface area (Å²) in [6.45, 7) is 2.14. The van der Waals surface area contributed by atoms with Crippen molar-refractivity contribution in [3.05, 3.63) is 28.4 Å². The summed E-state index contributed by atoms with van der Waals surface area (Å²) in [6, 6.07) is 1.45. The zero-order valence-electron chi connectivity index (χ0n) is 7.54. The minimum Gasteiger partial charge on any atom is -0.309 e. The summed E-state index contributed by atoms with van der Waals surface area (Å²) >= 11 is 1.87. The summed E-state index contributed by atoms with van der Waals surface area (Å²) in [6.07, 6.45) is 3.89. The van der Waals surface area contributed by atoms with Gasteiger partial charge in [-0.3, -0.25) is 4.79 Å². The number of aromatic nitrogens is 2. The largest absolute Gasteiger partial charge is 0.309 e. The van der Waals surface area contributed by atoms with Crippen LogP contribution in [-0.2, 0) is 4.75 Å². The molecule has 0 amide bonds. The van der Waals surface area contributed by atoms with E-state index in [4.69, 9.17) is 0 Å². The zero-order chi connectivity index (χ0) is 9.31. The molecule has 2 heterocycles. The van der Waals surface area contributed by atoms with E-state index in [0.717, 1.165) is 18.0 Å². The van der Waals surface area contributed by atoms with Crippen LogP contribution in [-0.4, -0.2) is 15.7 Å². The first-order chi connectivity index (χ1) is 6.21. The molecule has 13 heavy (non-hydrogen) atoms. The van der Waals surface area contributed by atoms with E-state index >= 15 is 0 Å². The Bertz CT molecular complexity index is 355. The third-order valence-electron chi connectivity index (χ3n) is 2.39. The molecular weight excluding hydrogens is 184 g/mol. The number of H-pyrrole nitrogens is 1. The van der Waals surface area contributed by atoms with Gasteiger partial charge >= 0.3 is 0 Å². The van der Waals surface area contributed by atoms with E-state index in [-0.39, 0.29) is 10.3 Å². The quantitative estimate of drug-likeness (QED) is 0.740. The molecule has 1 saturated heterocycles.